The largest absolute Gasteiger partial charge is 0.248 e. The second-order valence-electron chi connectivity index (χ2n) is 31.0. The van der Waals surface area contributed by atoms with E-state index >= 15 is 0 Å². The molecule has 548 valence electrons. The first-order valence-electron chi connectivity index (χ1n) is 39.5. The molecule has 8 nitrogen and oxygen atoms in total. The monoisotopic (exact) mass is 1480 g/mol. The van der Waals surface area contributed by atoms with Gasteiger partial charge in [-0.3, -0.25) is 0 Å². The highest BCUT2D eigenvalue weighted by Crippen LogP contribution is 2.54. The first kappa shape index (κ1) is 70.3. The summed E-state index contributed by atoms with van der Waals surface area (Å²) in [6.07, 6.45) is 0. The summed E-state index contributed by atoms with van der Waals surface area (Å²) in [5, 5.41) is 2.21. The summed E-state index contributed by atoms with van der Waals surface area (Å²) in [5.41, 5.74) is 33.0. The Bertz CT molecular complexity index is 6900. The average Bonchev–Trinajstić information content (AvgIpc) is 1.55. The van der Waals surface area contributed by atoms with Crippen LogP contribution in [-0.4, -0.2) is 39.9 Å². The fraction of sp³-hybridized carbons (Fsp3) is 0.0556. The Hall–Kier alpha value is -14.9. The van der Waals surface area contributed by atoms with Crippen molar-refractivity contribution in [3.05, 3.63) is 411 Å². The Kier molecular flexibility index (Phi) is 17.8. The normalized spacial score (nSPS) is 12.6. The Morgan fingerprint density at radius 1 is 0.155 bits per heavy atom. The van der Waals surface area contributed by atoms with Gasteiger partial charge in [-0.2, -0.15) is 0 Å². The Balaban J connectivity index is 0.000000150. The lowest BCUT2D eigenvalue weighted by Crippen LogP contribution is -2.15. The van der Waals surface area contributed by atoms with Crippen molar-refractivity contribution in [3.8, 4) is 169 Å². The molecule has 8 heteroatoms. The highest BCUT2D eigenvalue weighted by molar-refractivity contribution is 6.04. The molecule has 0 amide bonds. The number of fused-ring (bicyclic) bond motifs is 8. The Labute approximate surface area is 675 Å². The zero-order valence-electron chi connectivity index (χ0n) is 64.5. The van der Waals surface area contributed by atoms with E-state index in [1.165, 1.54) is 66.8 Å². The molecule has 2 aliphatic rings. The van der Waals surface area contributed by atoms with Crippen LogP contribution in [0.2, 0.25) is 0 Å². The molecule has 2 aliphatic carbocycles. The molecular formula is C108H76N8. The third kappa shape index (κ3) is 13.2. The maximum Gasteiger partial charge on any atom is 0.164 e. The highest BCUT2D eigenvalue weighted by atomic mass is 15.0. The van der Waals surface area contributed by atoms with Gasteiger partial charge in [0.15, 0.2) is 34.9 Å². The Morgan fingerprint density at radius 2 is 0.397 bits per heavy atom. The quantitative estimate of drug-likeness (QED) is 0.112. The standard InChI is InChI=1S/C57H40N4.C51H36N4/c1-57(2)50-33-42(38-19-9-4-10-20-38)29-30-46(50)48-34-49-47(35-52(39-21-11-5-12-22-39)58-53(49)36-51(48)57)43-26-16-28-45(32-43)56-60-54(40-23-13-6-14-24-40)59-55(61-56)44-27-15-25-41(31-44)37-17-7-3-8-18-37;1-51(2)44-29-37(33-16-7-3-8-17-33)26-27-40(44)42-30-43-41(31-46(34-18-9-4-10-19-34)52-47(43)32-45(42)51)38-24-15-25-39(28-38)50-54-48(35-20-11-5-12-21-35)53-49(55-50)36-22-13-6-14-23-36/h3-36H,1-2H3;3-32H,1-2H3. The van der Waals surface area contributed by atoms with E-state index < -0.39 is 0 Å². The van der Waals surface area contributed by atoms with Crippen molar-refractivity contribution in [1.82, 2.24) is 39.9 Å². The average molecular weight is 1490 g/mol. The van der Waals surface area contributed by atoms with E-state index in [-0.39, 0.29) is 10.8 Å². The third-order valence-corrected chi connectivity index (χ3v) is 23.0. The lowest BCUT2D eigenvalue weighted by atomic mass is 9.81. The zero-order chi connectivity index (χ0) is 77.9. The van der Waals surface area contributed by atoms with Crippen LogP contribution in [-0.2, 0) is 10.8 Å². The number of rotatable bonds is 13. The smallest absolute Gasteiger partial charge is 0.164 e. The van der Waals surface area contributed by atoms with Gasteiger partial charge in [0.1, 0.15) is 0 Å². The second kappa shape index (κ2) is 29.3. The second-order valence-corrected chi connectivity index (χ2v) is 31.0. The maximum absolute atomic E-state index is 5.37. The van der Waals surface area contributed by atoms with Gasteiger partial charge in [-0.25, -0.2) is 39.9 Å². The van der Waals surface area contributed by atoms with Crippen LogP contribution in [0.25, 0.3) is 191 Å². The van der Waals surface area contributed by atoms with Gasteiger partial charge >= 0.3 is 0 Å². The summed E-state index contributed by atoms with van der Waals surface area (Å²) in [6, 6.07) is 136. The fourth-order valence-electron chi connectivity index (χ4n) is 16.9. The van der Waals surface area contributed by atoms with E-state index in [4.69, 9.17) is 39.9 Å². The number of nitrogens with zero attached hydrogens (tertiary/aromatic N) is 8. The van der Waals surface area contributed by atoms with Crippen LogP contribution in [0.5, 0.6) is 0 Å². The molecule has 0 atom stereocenters. The van der Waals surface area contributed by atoms with Crippen molar-refractivity contribution in [3.63, 3.8) is 0 Å². The van der Waals surface area contributed by atoms with Gasteiger partial charge in [0.05, 0.1) is 22.4 Å². The zero-order valence-corrected chi connectivity index (χ0v) is 64.5. The fourth-order valence-corrected chi connectivity index (χ4v) is 16.9. The molecule has 0 radical (unpaired) electrons. The molecule has 15 aromatic carbocycles. The number of hydrogen-bond acceptors (Lipinski definition) is 8. The van der Waals surface area contributed by atoms with Gasteiger partial charge in [0, 0.05) is 66.1 Å². The van der Waals surface area contributed by atoms with Crippen LogP contribution in [0.1, 0.15) is 49.9 Å². The van der Waals surface area contributed by atoms with E-state index in [0.717, 1.165) is 111 Å². The van der Waals surface area contributed by atoms with Crippen LogP contribution in [0.3, 0.4) is 0 Å². The molecule has 0 saturated carbocycles. The van der Waals surface area contributed by atoms with Gasteiger partial charge in [-0.05, 0) is 167 Å². The van der Waals surface area contributed by atoms with Gasteiger partial charge in [-0.1, -0.05) is 349 Å². The van der Waals surface area contributed by atoms with Gasteiger partial charge in [0.2, 0.25) is 0 Å². The van der Waals surface area contributed by atoms with E-state index in [9.17, 15) is 0 Å². The van der Waals surface area contributed by atoms with Crippen molar-refractivity contribution in [1.29, 1.82) is 0 Å². The lowest BCUT2D eigenvalue weighted by Gasteiger charge is -2.22. The molecule has 0 fully saturated rings. The third-order valence-electron chi connectivity index (χ3n) is 23.0. The van der Waals surface area contributed by atoms with Crippen molar-refractivity contribution in [2.24, 2.45) is 0 Å². The van der Waals surface area contributed by atoms with Crippen molar-refractivity contribution < 1.29 is 0 Å². The summed E-state index contributed by atoms with van der Waals surface area (Å²) in [7, 11) is 0. The van der Waals surface area contributed by atoms with E-state index in [1.54, 1.807) is 0 Å². The van der Waals surface area contributed by atoms with E-state index in [2.05, 4.69) is 313 Å². The molecule has 0 N–H and O–H groups in total. The topological polar surface area (TPSA) is 103 Å². The predicted octanol–water partition coefficient (Wildman–Crippen LogP) is 27.1. The minimum Gasteiger partial charge on any atom is -0.248 e. The summed E-state index contributed by atoms with van der Waals surface area (Å²) in [4.78, 5) is 41.1. The van der Waals surface area contributed by atoms with Gasteiger partial charge in [0.25, 0.3) is 0 Å². The highest BCUT2D eigenvalue weighted by Gasteiger charge is 2.38. The minimum atomic E-state index is -0.207. The van der Waals surface area contributed by atoms with Crippen molar-refractivity contribution in [2.75, 3.05) is 0 Å². The van der Waals surface area contributed by atoms with Crippen molar-refractivity contribution in [2.45, 2.75) is 38.5 Å². The molecule has 21 rings (SSSR count). The molecule has 19 aromatic rings. The van der Waals surface area contributed by atoms with Gasteiger partial charge < -0.3 is 0 Å². The van der Waals surface area contributed by atoms with Crippen LogP contribution in [0.15, 0.2) is 388 Å². The maximum atomic E-state index is 5.37. The SMILES string of the molecule is CC1(C)c2cc(-c3ccccc3)ccc2-c2cc3c(-c4cccc(-c5nc(-c6ccccc6)nc(-c6cccc(-c7ccccc7)c6)n5)c4)cc(-c4ccccc4)nc3cc21.CC1(C)c2cc(-c3ccccc3)ccc2-c2cc3c(-c4cccc(-c5nc(-c6ccccc6)nc(-c6ccccc6)n5)c4)cc(-c4ccccc4)nc3cc21. The first-order chi connectivity index (χ1) is 56.9. The van der Waals surface area contributed by atoms with Crippen molar-refractivity contribution >= 4 is 21.8 Å². The molecule has 0 unspecified atom stereocenters. The van der Waals surface area contributed by atoms with Crippen LogP contribution in [0.4, 0.5) is 0 Å². The van der Waals surface area contributed by atoms with Crippen LogP contribution >= 0.6 is 0 Å². The summed E-state index contributed by atoms with van der Waals surface area (Å²) in [6.45, 7) is 9.36. The number of pyridine rings is 2. The number of benzene rings is 15. The molecule has 0 bridgehead atoms. The molecule has 0 saturated heterocycles. The number of hydrogen-bond donors (Lipinski definition) is 0. The number of aromatic nitrogens is 8. The van der Waals surface area contributed by atoms with E-state index in [0.29, 0.717) is 34.9 Å². The van der Waals surface area contributed by atoms with Crippen LogP contribution in [0, 0.1) is 0 Å². The predicted molar refractivity (Wildman–Crippen MR) is 476 cm³/mol. The Morgan fingerprint density at radius 3 is 0.716 bits per heavy atom. The molecule has 0 spiro atoms. The van der Waals surface area contributed by atoms with Gasteiger partial charge in [-0.15, -0.1) is 0 Å². The lowest BCUT2D eigenvalue weighted by molar-refractivity contribution is 0.661. The summed E-state index contributed by atoms with van der Waals surface area (Å²) < 4.78 is 0. The van der Waals surface area contributed by atoms with Crippen LogP contribution < -0.4 is 0 Å². The summed E-state index contributed by atoms with van der Waals surface area (Å²) in [5.74, 6) is 3.78. The molecular weight excluding hydrogens is 1410 g/mol. The molecule has 0 aliphatic heterocycles. The first-order valence-corrected chi connectivity index (χ1v) is 39.5. The summed E-state index contributed by atoms with van der Waals surface area (Å²) >= 11 is 0. The molecule has 116 heavy (non-hydrogen) atoms. The minimum absolute atomic E-state index is 0.195. The van der Waals surface area contributed by atoms with E-state index in [1.807, 2.05) is 103 Å². The molecule has 4 aromatic heterocycles. The molecule has 4 heterocycles.